The van der Waals surface area contributed by atoms with Crippen molar-refractivity contribution in [1.82, 2.24) is 19.4 Å². The molecular weight excluding hydrogens is 300 g/mol. The van der Waals surface area contributed by atoms with Crippen molar-refractivity contribution in [3.05, 3.63) is 48.3 Å². The summed E-state index contributed by atoms with van der Waals surface area (Å²) < 4.78 is 8.36. The van der Waals surface area contributed by atoms with Crippen molar-refractivity contribution in [3.63, 3.8) is 0 Å². The van der Waals surface area contributed by atoms with Gasteiger partial charge in [0.05, 0.1) is 19.3 Å². The Hall–Kier alpha value is -1.72. The summed E-state index contributed by atoms with van der Waals surface area (Å²) in [5.41, 5.74) is 1.65. The van der Waals surface area contributed by atoms with Crippen molar-refractivity contribution in [2.45, 2.75) is 45.4 Å². The first-order valence-electron chi connectivity index (χ1n) is 8.99. The van der Waals surface area contributed by atoms with E-state index in [2.05, 4.69) is 38.6 Å². The number of hydrogen-bond donors (Lipinski definition) is 0. The van der Waals surface area contributed by atoms with Gasteiger partial charge in [0.2, 0.25) is 0 Å². The zero-order valence-corrected chi connectivity index (χ0v) is 14.4. The van der Waals surface area contributed by atoms with Crippen LogP contribution < -0.4 is 0 Å². The minimum atomic E-state index is 0.346. The van der Waals surface area contributed by atoms with Crippen molar-refractivity contribution in [1.29, 1.82) is 0 Å². The molecule has 4 heterocycles. The topological polar surface area (TPSA) is 43.2 Å². The van der Waals surface area contributed by atoms with Crippen molar-refractivity contribution in [3.8, 4) is 0 Å². The highest BCUT2D eigenvalue weighted by Crippen LogP contribution is 2.42. The highest BCUT2D eigenvalue weighted by molar-refractivity contribution is 5.12. The van der Waals surface area contributed by atoms with Gasteiger partial charge in [-0.3, -0.25) is 9.88 Å². The average Bonchev–Trinajstić information content (AvgIpc) is 3.16. The molecule has 0 amide bonds. The monoisotopic (exact) mass is 326 g/mol. The van der Waals surface area contributed by atoms with Crippen LogP contribution in [0.25, 0.3) is 0 Å². The fourth-order valence-corrected chi connectivity index (χ4v) is 4.18. The van der Waals surface area contributed by atoms with E-state index in [9.17, 15) is 0 Å². The van der Waals surface area contributed by atoms with Gasteiger partial charge in [-0.25, -0.2) is 4.98 Å². The van der Waals surface area contributed by atoms with Gasteiger partial charge in [-0.2, -0.15) is 0 Å². The van der Waals surface area contributed by atoms with E-state index in [4.69, 9.17) is 4.74 Å². The second-order valence-electron chi connectivity index (χ2n) is 7.38. The molecule has 5 nitrogen and oxygen atoms in total. The third-order valence-electron chi connectivity index (χ3n) is 5.22. The molecule has 0 unspecified atom stereocenters. The van der Waals surface area contributed by atoms with Crippen LogP contribution in [0.15, 0.2) is 36.9 Å². The van der Waals surface area contributed by atoms with E-state index in [1.54, 1.807) is 0 Å². The van der Waals surface area contributed by atoms with E-state index in [0.717, 1.165) is 45.6 Å². The summed E-state index contributed by atoms with van der Waals surface area (Å²) in [7, 11) is 0. The van der Waals surface area contributed by atoms with Crippen LogP contribution in [0.4, 0.5) is 0 Å². The molecule has 0 bridgehead atoms. The first kappa shape index (κ1) is 15.8. The maximum Gasteiger partial charge on any atom is 0.122 e. The lowest BCUT2D eigenvalue weighted by Crippen LogP contribution is -2.56. The van der Waals surface area contributed by atoms with Crippen LogP contribution in [0.5, 0.6) is 0 Å². The Morgan fingerprint density at radius 2 is 2.25 bits per heavy atom. The summed E-state index contributed by atoms with van der Waals surface area (Å²) in [4.78, 5) is 11.2. The zero-order chi connectivity index (χ0) is 16.4. The summed E-state index contributed by atoms with van der Waals surface area (Å²) in [6.45, 7) is 7.40. The lowest BCUT2D eigenvalue weighted by atomic mass is 9.77. The van der Waals surface area contributed by atoms with E-state index >= 15 is 0 Å². The standard InChI is InChI=1S/C19H26N4O/c1-2-7-23-8-6-21-18(23)12-22-13-19(14-22)10-17(24-15-19)9-16-4-3-5-20-11-16/h3-6,8,11,17H,2,7,9-10,12-15H2,1H3/t17-/m1/s1. The summed E-state index contributed by atoms with van der Waals surface area (Å²) in [6.07, 6.45) is 11.4. The molecule has 0 aromatic carbocycles. The molecule has 24 heavy (non-hydrogen) atoms. The molecule has 4 rings (SSSR count). The molecule has 128 valence electrons. The first-order chi connectivity index (χ1) is 11.8. The average molecular weight is 326 g/mol. The van der Waals surface area contributed by atoms with Crippen LogP contribution in [0.2, 0.25) is 0 Å². The smallest absolute Gasteiger partial charge is 0.122 e. The fraction of sp³-hybridized carbons (Fsp3) is 0.579. The quantitative estimate of drug-likeness (QED) is 0.818. The van der Waals surface area contributed by atoms with Gasteiger partial charge >= 0.3 is 0 Å². The zero-order valence-electron chi connectivity index (χ0n) is 14.4. The Balaban J connectivity index is 1.28. The number of pyridine rings is 1. The van der Waals surface area contributed by atoms with Gasteiger partial charge in [0, 0.05) is 56.3 Å². The third kappa shape index (κ3) is 3.23. The number of aromatic nitrogens is 3. The maximum absolute atomic E-state index is 6.09. The number of rotatable bonds is 6. The van der Waals surface area contributed by atoms with Crippen LogP contribution in [0.3, 0.4) is 0 Å². The van der Waals surface area contributed by atoms with Crippen LogP contribution in [0.1, 0.15) is 31.2 Å². The number of likely N-dealkylation sites (tertiary alicyclic amines) is 1. The van der Waals surface area contributed by atoms with E-state index in [1.165, 1.54) is 17.8 Å². The first-order valence-corrected chi connectivity index (χ1v) is 8.99. The second-order valence-corrected chi connectivity index (χ2v) is 7.38. The Bertz CT molecular complexity index is 663. The summed E-state index contributed by atoms with van der Waals surface area (Å²) >= 11 is 0. The van der Waals surface area contributed by atoms with Crippen LogP contribution in [-0.4, -0.2) is 45.2 Å². The van der Waals surface area contributed by atoms with Gasteiger partial charge in [0.25, 0.3) is 0 Å². The van der Waals surface area contributed by atoms with Gasteiger partial charge in [-0.1, -0.05) is 13.0 Å². The van der Waals surface area contributed by atoms with E-state index in [-0.39, 0.29) is 0 Å². The maximum atomic E-state index is 6.09. The number of hydrogen-bond acceptors (Lipinski definition) is 4. The number of imidazole rings is 1. The van der Waals surface area contributed by atoms with E-state index in [1.807, 2.05) is 24.7 Å². The fourth-order valence-electron chi connectivity index (χ4n) is 4.18. The Kier molecular flexibility index (Phi) is 4.37. The molecule has 2 aromatic rings. The molecule has 1 atom stereocenters. The molecule has 0 N–H and O–H groups in total. The number of ether oxygens (including phenoxy) is 1. The minimum absolute atomic E-state index is 0.346. The predicted molar refractivity (Wildman–Crippen MR) is 92.5 cm³/mol. The molecule has 2 aliphatic heterocycles. The molecule has 2 aliphatic rings. The van der Waals surface area contributed by atoms with E-state index in [0.29, 0.717) is 11.5 Å². The van der Waals surface area contributed by atoms with Gasteiger partial charge in [0.15, 0.2) is 0 Å². The number of aryl methyl sites for hydroxylation is 1. The largest absolute Gasteiger partial charge is 0.377 e. The second kappa shape index (κ2) is 6.65. The molecule has 0 aliphatic carbocycles. The van der Waals surface area contributed by atoms with Gasteiger partial charge in [-0.05, 0) is 24.5 Å². The van der Waals surface area contributed by atoms with Gasteiger partial charge in [-0.15, -0.1) is 0 Å². The minimum Gasteiger partial charge on any atom is -0.377 e. The molecule has 1 spiro atoms. The van der Waals surface area contributed by atoms with Crippen LogP contribution in [-0.2, 0) is 24.2 Å². The number of nitrogens with zero attached hydrogens (tertiary/aromatic N) is 4. The Labute approximate surface area is 143 Å². The van der Waals surface area contributed by atoms with Gasteiger partial charge < -0.3 is 9.30 Å². The molecule has 2 fully saturated rings. The Morgan fingerprint density at radius 1 is 1.33 bits per heavy atom. The summed E-state index contributed by atoms with van der Waals surface area (Å²) in [6, 6.07) is 4.14. The van der Waals surface area contributed by atoms with E-state index < -0.39 is 0 Å². The molecule has 5 heteroatoms. The molecule has 0 radical (unpaired) electrons. The van der Waals surface area contributed by atoms with Crippen molar-refractivity contribution in [2.75, 3.05) is 19.7 Å². The molecule has 2 aromatic heterocycles. The molecular formula is C19H26N4O. The SMILES string of the molecule is CCCn1ccnc1CN1CC2(CO[C@H](Cc3cccnc3)C2)C1. The van der Waals surface area contributed by atoms with Crippen LogP contribution >= 0.6 is 0 Å². The molecule has 0 saturated carbocycles. The predicted octanol–water partition coefficient (Wildman–Crippen LogP) is 2.52. The van der Waals surface area contributed by atoms with Crippen molar-refractivity contribution >= 4 is 0 Å². The lowest BCUT2D eigenvalue weighted by molar-refractivity contribution is -0.0160. The summed E-state index contributed by atoms with van der Waals surface area (Å²) in [5.74, 6) is 1.19. The third-order valence-corrected chi connectivity index (χ3v) is 5.22. The lowest BCUT2D eigenvalue weighted by Gasteiger charge is -2.47. The highest BCUT2D eigenvalue weighted by Gasteiger charge is 2.48. The van der Waals surface area contributed by atoms with Crippen molar-refractivity contribution < 1.29 is 4.74 Å². The van der Waals surface area contributed by atoms with Gasteiger partial charge in [0.1, 0.15) is 5.82 Å². The van der Waals surface area contributed by atoms with Crippen molar-refractivity contribution in [2.24, 2.45) is 5.41 Å². The Morgan fingerprint density at radius 3 is 3.04 bits per heavy atom. The summed E-state index contributed by atoms with van der Waals surface area (Å²) in [5, 5.41) is 0. The van der Waals surface area contributed by atoms with Crippen LogP contribution in [0, 0.1) is 5.41 Å². The normalized spacial score (nSPS) is 22.8. The molecule has 2 saturated heterocycles. The highest BCUT2D eigenvalue weighted by atomic mass is 16.5.